The van der Waals surface area contributed by atoms with Gasteiger partial charge in [-0.25, -0.2) is 0 Å². The zero-order chi connectivity index (χ0) is 18.1. The Morgan fingerprint density at radius 1 is 1.42 bits per heavy atom. The molecule has 132 valence electrons. The number of nitrogens with one attached hydrogen (secondary N) is 2. The van der Waals surface area contributed by atoms with Crippen LogP contribution in [0.3, 0.4) is 0 Å². The number of thiocarbonyl (C=S) groups is 1. The Morgan fingerprint density at radius 3 is 2.50 bits per heavy atom. The van der Waals surface area contributed by atoms with E-state index in [4.69, 9.17) is 28.6 Å². The number of rotatable bonds is 3. The first-order valence-corrected chi connectivity index (χ1v) is 7.68. The summed E-state index contributed by atoms with van der Waals surface area (Å²) in [6.45, 7) is 1.32. The summed E-state index contributed by atoms with van der Waals surface area (Å²) >= 11 is 10.5. The Morgan fingerprint density at radius 2 is 2.00 bits per heavy atom. The average molecular weight is 383 g/mol. The van der Waals surface area contributed by atoms with Gasteiger partial charge in [-0.2, -0.15) is 13.2 Å². The lowest BCUT2D eigenvalue weighted by molar-refractivity contribution is -0.292. The number of esters is 1. The number of hydrogen-bond donors (Lipinski definition) is 3. The molecule has 1 aromatic rings. The van der Waals surface area contributed by atoms with Gasteiger partial charge >= 0.3 is 12.1 Å². The van der Waals surface area contributed by atoms with Crippen molar-refractivity contribution in [3.8, 4) is 0 Å². The quantitative estimate of drug-likeness (QED) is 0.550. The Labute approximate surface area is 146 Å². The number of ether oxygens (including phenoxy) is 1. The summed E-state index contributed by atoms with van der Waals surface area (Å²) in [7, 11) is 0. The minimum Gasteiger partial charge on any atom is -0.466 e. The van der Waals surface area contributed by atoms with Crippen LogP contribution < -0.4 is 10.6 Å². The highest BCUT2D eigenvalue weighted by molar-refractivity contribution is 7.80. The summed E-state index contributed by atoms with van der Waals surface area (Å²) in [5.41, 5.74) is -3.27. The second-order valence-electron chi connectivity index (χ2n) is 5.12. The lowest BCUT2D eigenvalue weighted by Gasteiger charge is -2.45. The number of carbonyl (C=O) groups is 1. The van der Waals surface area contributed by atoms with Crippen LogP contribution in [-0.2, 0) is 9.53 Å². The predicted molar refractivity (Wildman–Crippen MR) is 84.2 cm³/mol. The van der Waals surface area contributed by atoms with Gasteiger partial charge < -0.3 is 20.5 Å². The lowest BCUT2D eigenvalue weighted by atomic mass is 9.82. The third-order valence-electron chi connectivity index (χ3n) is 3.58. The second kappa shape index (κ2) is 6.73. The summed E-state index contributed by atoms with van der Waals surface area (Å²) in [6, 6.07) is 4.55. The summed E-state index contributed by atoms with van der Waals surface area (Å²) in [5, 5.41) is 14.5. The molecule has 1 fully saturated rings. The van der Waals surface area contributed by atoms with E-state index >= 15 is 0 Å². The molecule has 10 heteroatoms. The summed E-state index contributed by atoms with van der Waals surface area (Å²) in [6.07, 6.45) is -5.17. The van der Waals surface area contributed by atoms with Crippen LogP contribution in [0.25, 0.3) is 0 Å². The molecule has 0 amide bonds. The van der Waals surface area contributed by atoms with E-state index in [9.17, 15) is 23.1 Å². The van der Waals surface area contributed by atoms with Crippen LogP contribution in [0.15, 0.2) is 24.3 Å². The molecule has 0 saturated carbocycles. The highest BCUT2D eigenvalue weighted by Gasteiger charge is 2.66. The molecule has 1 heterocycles. The highest BCUT2D eigenvalue weighted by Crippen LogP contribution is 2.43. The van der Waals surface area contributed by atoms with Gasteiger partial charge in [-0.1, -0.05) is 23.7 Å². The third-order valence-corrected chi connectivity index (χ3v) is 4.05. The highest BCUT2D eigenvalue weighted by atomic mass is 35.5. The summed E-state index contributed by atoms with van der Waals surface area (Å²) in [4.78, 5) is 12.2. The first-order valence-electron chi connectivity index (χ1n) is 6.90. The van der Waals surface area contributed by atoms with Gasteiger partial charge in [-0.3, -0.25) is 4.79 Å². The number of carbonyl (C=O) groups excluding carboxylic acids is 1. The molecule has 1 aromatic carbocycles. The van der Waals surface area contributed by atoms with E-state index in [1.165, 1.54) is 31.2 Å². The standard InChI is InChI=1S/C14H14ClF3N2O3S/c1-2-23-11(21)9-10(7-3-5-8(15)6-4-7)19-12(24)20-13(9,22)14(16,17)18/h3-6,9-10,22H,2H2,1H3,(H2,19,20,24)/t9-,10-,13+/m0/s1. The molecule has 24 heavy (non-hydrogen) atoms. The fourth-order valence-electron chi connectivity index (χ4n) is 2.48. The molecule has 0 bridgehead atoms. The Bertz CT molecular complexity index is 641. The van der Waals surface area contributed by atoms with E-state index in [1.807, 2.05) is 0 Å². The minimum atomic E-state index is -5.17. The van der Waals surface area contributed by atoms with Crippen molar-refractivity contribution in [2.24, 2.45) is 5.92 Å². The smallest absolute Gasteiger partial charge is 0.437 e. The summed E-state index contributed by atoms with van der Waals surface area (Å²) < 4.78 is 45.2. The fourth-order valence-corrected chi connectivity index (χ4v) is 2.89. The average Bonchev–Trinajstić information content (AvgIpc) is 2.46. The van der Waals surface area contributed by atoms with Crippen molar-refractivity contribution in [2.75, 3.05) is 6.61 Å². The molecule has 0 spiro atoms. The molecular weight excluding hydrogens is 369 g/mol. The van der Waals surface area contributed by atoms with Gasteiger partial charge in [0.05, 0.1) is 12.6 Å². The Hall–Kier alpha value is -1.58. The topological polar surface area (TPSA) is 70.6 Å². The third kappa shape index (κ3) is 3.42. The van der Waals surface area contributed by atoms with E-state index in [2.05, 4.69) is 5.32 Å². The van der Waals surface area contributed by atoms with E-state index in [-0.39, 0.29) is 6.61 Å². The first-order chi connectivity index (χ1) is 11.1. The van der Waals surface area contributed by atoms with E-state index < -0.39 is 34.9 Å². The van der Waals surface area contributed by atoms with Crippen LogP contribution in [0.1, 0.15) is 18.5 Å². The molecule has 0 unspecified atom stereocenters. The van der Waals surface area contributed by atoms with E-state index in [0.29, 0.717) is 10.6 Å². The largest absolute Gasteiger partial charge is 0.466 e. The number of alkyl halides is 3. The maximum absolute atomic E-state index is 13.5. The van der Waals surface area contributed by atoms with Crippen molar-refractivity contribution in [3.05, 3.63) is 34.9 Å². The van der Waals surface area contributed by atoms with E-state index in [1.54, 1.807) is 5.32 Å². The number of aliphatic hydroxyl groups is 1. The fraction of sp³-hybridized carbons (Fsp3) is 0.429. The maximum atomic E-state index is 13.5. The van der Waals surface area contributed by atoms with Crippen LogP contribution in [0.4, 0.5) is 13.2 Å². The van der Waals surface area contributed by atoms with Gasteiger partial charge in [-0.05, 0) is 36.8 Å². The summed E-state index contributed by atoms with van der Waals surface area (Å²) in [5.74, 6) is -3.22. The Kier molecular flexibility index (Phi) is 5.26. The zero-order valence-corrected chi connectivity index (χ0v) is 13.9. The van der Waals surface area contributed by atoms with Crippen LogP contribution in [0.2, 0.25) is 5.02 Å². The molecule has 0 radical (unpaired) electrons. The first kappa shape index (κ1) is 18.8. The van der Waals surface area contributed by atoms with Crippen molar-refractivity contribution in [1.82, 2.24) is 10.6 Å². The van der Waals surface area contributed by atoms with Crippen LogP contribution in [0.5, 0.6) is 0 Å². The van der Waals surface area contributed by atoms with Gasteiger partial charge in [0, 0.05) is 5.02 Å². The molecule has 0 aromatic heterocycles. The van der Waals surface area contributed by atoms with Gasteiger partial charge in [0.15, 0.2) is 5.11 Å². The minimum absolute atomic E-state index is 0.138. The molecule has 1 saturated heterocycles. The molecule has 3 N–H and O–H groups in total. The monoisotopic (exact) mass is 382 g/mol. The van der Waals surface area contributed by atoms with Crippen LogP contribution in [0, 0.1) is 5.92 Å². The van der Waals surface area contributed by atoms with Gasteiger partial charge in [0.25, 0.3) is 5.72 Å². The van der Waals surface area contributed by atoms with Crippen LogP contribution >= 0.6 is 23.8 Å². The molecule has 2 rings (SSSR count). The molecule has 1 aliphatic heterocycles. The van der Waals surface area contributed by atoms with Crippen molar-refractivity contribution >= 4 is 34.9 Å². The molecular formula is C14H14ClF3N2O3S. The van der Waals surface area contributed by atoms with E-state index in [0.717, 1.165) is 0 Å². The van der Waals surface area contributed by atoms with Crippen molar-refractivity contribution in [2.45, 2.75) is 24.9 Å². The molecule has 0 aliphatic carbocycles. The number of hydrogen-bond acceptors (Lipinski definition) is 4. The van der Waals surface area contributed by atoms with Gasteiger partial charge in [0.2, 0.25) is 0 Å². The van der Waals surface area contributed by atoms with Crippen molar-refractivity contribution < 1.29 is 27.8 Å². The number of benzene rings is 1. The lowest BCUT2D eigenvalue weighted by Crippen LogP contribution is -2.73. The van der Waals surface area contributed by atoms with Crippen molar-refractivity contribution in [1.29, 1.82) is 0 Å². The molecule has 5 nitrogen and oxygen atoms in total. The normalized spacial score (nSPS) is 27.2. The molecule has 1 aliphatic rings. The van der Waals surface area contributed by atoms with Crippen molar-refractivity contribution in [3.63, 3.8) is 0 Å². The molecule has 3 atom stereocenters. The zero-order valence-electron chi connectivity index (χ0n) is 12.4. The van der Waals surface area contributed by atoms with Gasteiger partial charge in [0.1, 0.15) is 5.92 Å². The Balaban J connectivity index is 2.55. The maximum Gasteiger partial charge on any atom is 0.437 e. The predicted octanol–water partition coefficient (Wildman–Crippen LogP) is 2.29. The van der Waals surface area contributed by atoms with Crippen LogP contribution in [-0.4, -0.2) is 34.7 Å². The second-order valence-corrected chi connectivity index (χ2v) is 5.97. The van der Waals surface area contributed by atoms with Gasteiger partial charge in [-0.15, -0.1) is 0 Å². The number of halogens is 4. The SMILES string of the molecule is CCOC(=O)[C@@H]1[C@H](c2ccc(Cl)cc2)NC(=S)N[C@]1(O)C(F)(F)F.